The van der Waals surface area contributed by atoms with Crippen LogP contribution in [0.4, 0.5) is 0 Å². The van der Waals surface area contributed by atoms with E-state index >= 15 is 0 Å². The summed E-state index contributed by atoms with van der Waals surface area (Å²) in [6, 6.07) is 15.2. The molecule has 2 aromatic carbocycles. The van der Waals surface area contributed by atoms with Gasteiger partial charge in [0.05, 0.1) is 0 Å². The number of carbonyl (C=O) groups is 1. The number of ether oxygens (including phenoxy) is 1. The third-order valence-electron chi connectivity index (χ3n) is 3.35. The number of methoxy groups -OCH3 is 1. The maximum atomic E-state index is 10.9. The van der Waals surface area contributed by atoms with Gasteiger partial charge >= 0.3 is 5.97 Å². The van der Waals surface area contributed by atoms with Gasteiger partial charge in [0.2, 0.25) is 0 Å². The lowest BCUT2D eigenvalue weighted by Gasteiger charge is -2.14. The van der Waals surface area contributed by atoms with Crippen molar-refractivity contribution in [1.82, 2.24) is 5.16 Å². The van der Waals surface area contributed by atoms with Crippen molar-refractivity contribution < 1.29 is 19.2 Å². The molecule has 21 heavy (non-hydrogen) atoms. The number of hydrogen-bond acceptors (Lipinski definition) is 4. The van der Waals surface area contributed by atoms with E-state index in [9.17, 15) is 4.79 Å². The molecule has 3 aromatic rings. The fourth-order valence-corrected chi connectivity index (χ4v) is 2.39. The lowest BCUT2D eigenvalue weighted by atomic mass is 9.99. The van der Waals surface area contributed by atoms with E-state index in [-0.39, 0.29) is 5.69 Å². The lowest BCUT2D eigenvalue weighted by molar-refractivity contribution is 0.0684. The number of fused-ring (bicyclic) bond motifs is 1. The van der Waals surface area contributed by atoms with Crippen LogP contribution in [-0.2, 0) is 4.74 Å². The van der Waals surface area contributed by atoms with E-state index in [0.29, 0.717) is 5.76 Å². The van der Waals surface area contributed by atoms with Crippen LogP contribution in [0.5, 0.6) is 0 Å². The molecule has 3 rings (SSSR count). The number of nitrogens with zero attached hydrogens (tertiary/aromatic N) is 1. The molecule has 0 aliphatic carbocycles. The fourth-order valence-electron chi connectivity index (χ4n) is 2.39. The number of aromatic carboxylic acids is 1. The fraction of sp³-hybridized carbons (Fsp3) is 0.125. The molecule has 0 fully saturated rings. The SMILES string of the molecule is COC(c1cc(C(=O)O)no1)c1cccc2ccccc12. The Labute approximate surface area is 120 Å². The molecule has 5 heteroatoms. The van der Waals surface area contributed by atoms with E-state index in [1.165, 1.54) is 6.07 Å². The minimum absolute atomic E-state index is 0.132. The second-order valence-corrected chi connectivity index (χ2v) is 4.60. The van der Waals surface area contributed by atoms with Crippen molar-refractivity contribution in [3.8, 4) is 0 Å². The zero-order chi connectivity index (χ0) is 14.8. The monoisotopic (exact) mass is 283 g/mol. The molecule has 0 aliphatic heterocycles. The summed E-state index contributed by atoms with van der Waals surface area (Å²) in [5.41, 5.74) is 0.774. The smallest absolute Gasteiger partial charge is 0.358 e. The second-order valence-electron chi connectivity index (χ2n) is 4.60. The molecule has 0 amide bonds. The van der Waals surface area contributed by atoms with Gasteiger partial charge in [0, 0.05) is 13.2 Å². The van der Waals surface area contributed by atoms with Crippen LogP contribution in [0.25, 0.3) is 10.8 Å². The van der Waals surface area contributed by atoms with Crippen molar-refractivity contribution in [2.75, 3.05) is 7.11 Å². The number of carboxylic acids is 1. The van der Waals surface area contributed by atoms with E-state index in [2.05, 4.69) is 5.16 Å². The summed E-state index contributed by atoms with van der Waals surface area (Å²) in [5, 5.41) is 14.6. The van der Waals surface area contributed by atoms with Gasteiger partial charge in [0.1, 0.15) is 6.10 Å². The van der Waals surface area contributed by atoms with Gasteiger partial charge in [0.25, 0.3) is 0 Å². The minimum atomic E-state index is -1.13. The van der Waals surface area contributed by atoms with Crippen molar-refractivity contribution in [2.24, 2.45) is 0 Å². The molecule has 0 aliphatic rings. The van der Waals surface area contributed by atoms with Crippen molar-refractivity contribution in [3.63, 3.8) is 0 Å². The Morgan fingerprint density at radius 3 is 2.71 bits per heavy atom. The third kappa shape index (κ3) is 2.39. The van der Waals surface area contributed by atoms with Gasteiger partial charge in [-0.2, -0.15) is 0 Å². The van der Waals surface area contributed by atoms with Crippen LogP contribution in [0.15, 0.2) is 53.1 Å². The minimum Gasteiger partial charge on any atom is -0.476 e. The van der Waals surface area contributed by atoms with E-state index in [4.69, 9.17) is 14.4 Å². The van der Waals surface area contributed by atoms with Gasteiger partial charge in [-0.15, -0.1) is 0 Å². The van der Waals surface area contributed by atoms with Crippen LogP contribution >= 0.6 is 0 Å². The zero-order valence-corrected chi connectivity index (χ0v) is 11.3. The highest BCUT2D eigenvalue weighted by Gasteiger charge is 2.22. The van der Waals surface area contributed by atoms with Crippen LogP contribution in [0, 0.1) is 0 Å². The molecule has 1 heterocycles. The van der Waals surface area contributed by atoms with Crippen molar-refractivity contribution in [2.45, 2.75) is 6.10 Å². The normalized spacial score (nSPS) is 12.4. The molecule has 0 saturated carbocycles. The topological polar surface area (TPSA) is 72.6 Å². The first-order valence-corrected chi connectivity index (χ1v) is 6.41. The molecule has 1 N–H and O–H groups in total. The average Bonchev–Trinajstić information content (AvgIpc) is 2.98. The van der Waals surface area contributed by atoms with Gasteiger partial charge in [-0.3, -0.25) is 0 Å². The second kappa shape index (κ2) is 5.38. The standard InChI is InChI=1S/C16H13NO4/c1-20-15(14-9-13(16(18)19)17-21-14)12-8-4-6-10-5-2-3-7-11(10)12/h2-9,15H,1H3,(H,18,19). The molecule has 0 saturated heterocycles. The van der Waals surface area contributed by atoms with Crippen molar-refractivity contribution >= 4 is 16.7 Å². The van der Waals surface area contributed by atoms with E-state index < -0.39 is 12.1 Å². The maximum absolute atomic E-state index is 10.9. The largest absolute Gasteiger partial charge is 0.476 e. The number of aromatic nitrogens is 1. The summed E-state index contributed by atoms with van der Waals surface area (Å²) in [6.45, 7) is 0. The van der Waals surface area contributed by atoms with E-state index in [1.807, 2.05) is 42.5 Å². The summed E-state index contributed by atoms with van der Waals surface area (Å²) in [7, 11) is 1.55. The first kappa shape index (κ1) is 13.3. The van der Waals surface area contributed by atoms with E-state index in [1.54, 1.807) is 7.11 Å². The van der Waals surface area contributed by atoms with Crippen molar-refractivity contribution in [1.29, 1.82) is 0 Å². The Morgan fingerprint density at radius 1 is 1.24 bits per heavy atom. The molecule has 0 spiro atoms. The van der Waals surface area contributed by atoms with Gasteiger partial charge in [0.15, 0.2) is 11.5 Å². The Hall–Kier alpha value is -2.66. The van der Waals surface area contributed by atoms with Gasteiger partial charge < -0.3 is 14.4 Å². The molecule has 1 aromatic heterocycles. The Balaban J connectivity index is 2.11. The molecular weight excluding hydrogens is 270 g/mol. The summed E-state index contributed by atoms with van der Waals surface area (Å²) in [5.74, 6) is -0.760. The predicted octanol–water partition coefficient (Wildman–Crippen LogP) is 3.26. The molecule has 0 radical (unpaired) electrons. The Kier molecular flexibility index (Phi) is 3.41. The molecular formula is C16H13NO4. The van der Waals surface area contributed by atoms with Gasteiger partial charge in [-0.05, 0) is 16.3 Å². The molecule has 1 unspecified atom stereocenters. The highest BCUT2D eigenvalue weighted by atomic mass is 16.5. The summed E-state index contributed by atoms with van der Waals surface area (Å²) >= 11 is 0. The van der Waals surface area contributed by atoms with Crippen LogP contribution in [0.3, 0.4) is 0 Å². The molecule has 106 valence electrons. The highest BCUT2D eigenvalue weighted by Crippen LogP contribution is 2.31. The Bertz CT molecular complexity index is 788. The summed E-state index contributed by atoms with van der Waals surface area (Å²) < 4.78 is 10.6. The first-order valence-electron chi connectivity index (χ1n) is 6.41. The number of rotatable bonds is 4. The van der Waals surface area contributed by atoms with E-state index in [0.717, 1.165) is 16.3 Å². The molecule has 1 atom stereocenters. The van der Waals surface area contributed by atoms with Crippen LogP contribution < -0.4 is 0 Å². The number of benzene rings is 2. The Morgan fingerprint density at radius 2 is 2.00 bits per heavy atom. The van der Waals surface area contributed by atoms with Crippen LogP contribution in [0.1, 0.15) is 27.9 Å². The van der Waals surface area contributed by atoms with Crippen LogP contribution in [-0.4, -0.2) is 23.3 Å². The lowest BCUT2D eigenvalue weighted by Crippen LogP contribution is -2.03. The number of hydrogen-bond donors (Lipinski definition) is 1. The van der Waals surface area contributed by atoms with Gasteiger partial charge in [-0.1, -0.05) is 47.6 Å². The van der Waals surface area contributed by atoms with Gasteiger partial charge in [-0.25, -0.2) is 4.79 Å². The highest BCUT2D eigenvalue weighted by molar-refractivity contribution is 5.87. The maximum Gasteiger partial charge on any atom is 0.358 e. The average molecular weight is 283 g/mol. The third-order valence-corrected chi connectivity index (χ3v) is 3.35. The summed E-state index contributed by atoms with van der Waals surface area (Å²) in [6.07, 6.45) is -0.503. The first-order chi connectivity index (χ1) is 10.2. The molecule has 0 bridgehead atoms. The van der Waals surface area contributed by atoms with Crippen LogP contribution in [0.2, 0.25) is 0 Å². The zero-order valence-electron chi connectivity index (χ0n) is 11.3. The number of carboxylic acid groups (broad SMARTS) is 1. The molecule has 5 nitrogen and oxygen atoms in total. The van der Waals surface area contributed by atoms with Crippen molar-refractivity contribution in [3.05, 3.63) is 65.5 Å². The predicted molar refractivity (Wildman–Crippen MR) is 76.3 cm³/mol. The summed E-state index contributed by atoms with van der Waals surface area (Å²) in [4.78, 5) is 10.9. The quantitative estimate of drug-likeness (QED) is 0.795.